The number of nitrogens with two attached hydrogens (primary N) is 1. The number of hydrogen-bond donors (Lipinski definition) is 6. The van der Waals surface area contributed by atoms with Gasteiger partial charge < -0.3 is 35.3 Å². The van der Waals surface area contributed by atoms with Crippen LogP contribution in [0, 0.1) is 5.92 Å². The predicted molar refractivity (Wildman–Crippen MR) is 181 cm³/mol. The highest BCUT2D eigenvalue weighted by atomic mass is 16.5. The smallest absolute Gasteiger partial charge is 0.165 e. The molecule has 0 bridgehead atoms. The van der Waals surface area contributed by atoms with Crippen molar-refractivity contribution in [2.75, 3.05) is 6.54 Å². The van der Waals surface area contributed by atoms with Gasteiger partial charge in [-0.25, -0.2) is 0 Å². The third-order valence-corrected chi connectivity index (χ3v) is 11.1. The number of fused-ring (bicyclic) bond motifs is 3. The summed E-state index contributed by atoms with van der Waals surface area (Å²) >= 11 is 0. The van der Waals surface area contributed by atoms with Crippen LogP contribution in [0.25, 0.3) is 10.9 Å². The van der Waals surface area contributed by atoms with Crippen LogP contribution in [0.5, 0.6) is 11.5 Å². The highest BCUT2D eigenvalue weighted by Crippen LogP contribution is 2.60. The molecule has 0 radical (unpaired) electrons. The van der Waals surface area contributed by atoms with Crippen LogP contribution in [0.3, 0.4) is 0 Å². The number of aryl methyl sites for hydroxylation is 1. The second kappa shape index (κ2) is 13.1. The Morgan fingerprint density at radius 2 is 2.04 bits per heavy atom. The van der Waals surface area contributed by atoms with Gasteiger partial charge >= 0.3 is 0 Å². The fourth-order valence-corrected chi connectivity index (χ4v) is 8.96. The number of benzene rings is 2. The molecule has 0 unspecified atom stereocenters. The summed E-state index contributed by atoms with van der Waals surface area (Å²) in [7, 11) is 0. The van der Waals surface area contributed by atoms with Gasteiger partial charge in [0.15, 0.2) is 18.2 Å². The van der Waals surface area contributed by atoms with Crippen molar-refractivity contribution in [1.29, 1.82) is 0 Å². The van der Waals surface area contributed by atoms with Crippen molar-refractivity contribution in [1.82, 2.24) is 14.9 Å². The lowest BCUT2D eigenvalue weighted by atomic mass is 9.57. The molecule has 1 saturated carbocycles. The molecule has 47 heavy (non-hydrogen) atoms. The molecule has 7 rings (SSSR count). The van der Waals surface area contributed by atoms with Gasteiger partial charge in [0, 0.05) is 48.8 Å². The van der Waals surface area contributed by atoms with Gasteiger partial charge in [-0.05, 0) is 90.3 Å². The number of aromatic hydroxyl groups is 1. The number of ether oxygens (including phenoxy) is 1. The Morgan fingerprint density at radius 1 is 1.17 bits per heavy atom. The maximum atomic E-state index is 12.5. The van der Waals surface area contributed by atoms with E-state index in [-0.39, 0.29) is 49.1 Å². The number of rotatable bonds is 13. The summed E-state index contributed by atoms with van der Waals surface area (Å²) in [6, 6.07) is 11.9. The number of phenols is 1. The lowest BCUT2D eigenvalue weighted by molar-refractivity contribution is -0.121. The number of carbonyl (C=O) groups is 1. The third kappa shape index (κ3) is 5.99. The van der Waals surface area contributed by atoms with Crippen molar-refractivity contribution in [3.8, 4) is 11.5 Å². The van der Waals surface area contributed by atoms with E-state index in [0.29, 0.717) is 30.4 Å². The van der Waals surface area contributed by atoms with Crippen molar-refractivity contribution in [2.24, 2.45) is 11.7 Å². The van der Waals surface area contributed by atoms with E-state index in [9.17, 15) is 20.1 Å². The molecule has 9 nitrogen and oxygen atoms in total. The van der Waals surface area contributed by atoms with Crippen LogP contribution in [0.1, 0.15) is 105 Å². The molecule has 9 heteroatoms. The molecule has 0 saturated heterocycles. The summed E-state index contributed by atoms with van der Waals surface area (Å²) in [6.07, 6.45) is 12.1. The summed E-state index contributed by atoms with van der Waals surface area (Å²) in [5.41, 5.74) is 14.0. The van der Waals surface area contributed by atoms with E-state index in [1.165, 1.54) is 46.9 Å². The van der Waals surface area contributed by atoms with Crippen molar-refractivity contribution in [3.05, 3.63) is 82.8 Å². The fraction of sp³-hybridized carbons (Fsp3) is 0.500. The van der Waals surface area contributed by atoms with Gasteiger partial charge in [-0.15, -0.1) is 0 Å². The number of aliphatic hydroxyl groups is 2. The lowest BCUT2D eigenvalue weighted by Gasteiger charge is -2.48. The van der Waals surface area contributed by atoms with Crippen molar-refractivity contribution in [2.45, 2.75) is 108 Å². The van der Waals surface area contributed by atoms with E-state index < -0.39 is 12.2 Å². The Morgan fingerprint density at radius 3 is 2.89 bits per heavy atom. The molecule has 1 aliphatic heterocycles. The first-order chi connectivity index (χ1) is 22.8. The summed E-state index contributed by atoms with van der Waals surface area (Å²) in [5, 5.41) is 35.4. The molecular weight excluding hydrogens is 592 g/mol. The minimum atomic E-state index is -0.835. The van der Waals surface area contributed by atoms with E-state index >= 15 is 0 Å². The van der Waals surface area contributed by atoms with Gasteiger partial charge in [0.25, 0.3) is 0 Å². The molecule has 250 valence electrons. The molecule has 1 fully saturated rings. The fourth-order valence-electron chi connectivity index (χ4n) is 8.96. The van der Waals surface area contributed by atoms with E-state index in [4.69, 9.17) is 10.5 Å². The Bertz CT molecular complexity index is 1740. The second-order valence-corrected chi connectivity index (χ2v) is 14.1. The minimum Gasteiger partial charge on any atom is -0.504 e. The van der Waals surface area contributed by atoms with Crippen LogP contribution in [0.2, 0.25) is 0 Å². The summed E-state index contributed by atoms with van der Waals surface area (Å²) in [6.45, 7) is 3.14. The normalized spacial score (nSPS) is 24.6. The summed E-state index contributed by atoms with van der Waals surface area (Å²) in [5.74, 6) is 1.44. The molecule has 3 aliphatic rings. The largest absolute Gasteiger partial charge is 0.504 e. The van der Waals surface area contributed by atoms with E-state index in [2.05, 4.69) is 47.1 Å². The minimum absolute atomic E-state index is 0.0328. The predicted octanol–water partition coefficient (Wildman–Crippen LogP) is 5.65. The zero-order chi connectivity index (χ0) is 32.7. The number of aliphatic hydroxyl groups excluding tert-OH is 2. The first-order valence-electron chi connectivity index (χ1n) is 17.4. The molecule has 7 N–H and O–H groups in total. The molecule has 2 aromatic heterocycles. The number of aromatic nitrogens is 2. The molecule has 2 aliphatic carbocycles. The third-order valence-electron chi connectivity index (χ3n) is 11.1. The number of H-pyrrole nitrogens is 1. The highest BCUT2D eigenvalue weighted by Gasteiger charge is 2.53. The molecule has 0 amide bonds. The van der Waals surface area contributed by atoms with Gasteiger partial charge in [-0.1, -0.05) is 44.0 Å². The van der Waals surface area contributed by atoms with Gasteiger partial charge in [0.1, 0.15) is 5.78 Å². The van der Waals surface area contributed by atoms with E-state index in [0.717, 1.165) is 30.5 Å². The van der Waals surface area contributed by atoms with Gasteiger partial charge in [0.05, 0.1) is 23.9 Å². The van der Waals surface area contributed by atoms with Crippen LogP contribution in [0.15, 0.2) is 55.0 Å². The number of Topliss-reactive ketones (excluding diaryl/α,β-unsaturated/α-hetero) is 1. The lowest BCUT2D eigenvalue weighted by Crippen LogP contribution is -2.46. The number of aromatic amines is 1. The topological polar surface area (TPSA) is 146 Å². The second-order valence-electron chi connectivity index (χ2n) is 14.1. The number of ketones is 1. The molecule has 2 aromatic carbocycles. The highest BCUT2D eigenvalue weighted by molar-refractivity contribution is 5.85. The first-order valence-corrected chi connectivity index (χ1v) is 17.4. The number of phenolic OH excluding ortho intramolecular Hbond substituents is 1. The van der Waals surface area contributed by atoms with Crippen molar-refractivity contribution >= 4 is 16.7 Å². The first kappa shape index (κ1) is 31.9. The number of nitrogens with zero attached hydrogens (tertiary/aromatic N) is 1. The van der Waals surface area contributed by atoms with E-state index in [1.807, 2.05) is 11.5 Å². The van der Waals surface area contributed by atoms with Crippen LogP contribution in [0.4, 0.5) is 0 Å². The number of nitrogens with one attached hydrogen (secondary N) is 2. The maximum absolute atomic E-state index is 12.5. The number of carbonyl (C=O) groups excluding carboxylic acids is 1. The van der Waals surface area contributed by atoms with Crippen LogP contribution >= 0.6 is 0 Å². The molecule has 4 aromatic rings. The van der Waals surface area contributed by atoms with Crippen molar-refractivity contribution in [3.63, 3.8) is 0 Å². The standard InChI is InChI=1S/C38H48N4O5/c1-2-5-26(43)16-28(45)17-27(44)11-9-23-10-12-34(46)35(14-23)47-22-42-20-30-32(19-40-33(30)21-42)38-13-4-6-25(38)15-24-18-41-37(39)29-7-3-8-31(38)36(24)29/h3,7-8,10,12,14,19-21,24-26,28,37,40-41,43,45-46H,2,4-6,9,11,13,15-18,22,39H2,1H3/t24-,25-,26-,28+,37+,38+/m0/s1. The molecule has 3 heterocycles. The Kier molecular flexibility index (Phi) is 8.91. The van der Waals surface area contributed by atoms with E-state index in [1.54, 1.807) is 18.2 Å². The van der Waals surface area contributed by atoms with Gasteiger partial charge in [-0.3, -0.25) is 10.1 Å². The Hall–Kier alpha value is -3.63. The number of hydrogen-bond acceptors (Lipinski definition) is 7. The molecular formula is C38H48N4O5. The van der Waals surface area contributed by atoms with Gasteiger partial charge in [0.2, 0.25) is 0 Å². The zero-order valence-electron chi connectivity index (χ0n) is 27.3. The average molecular weight is 641 g/mol. The average Bonchev–Trinajstić information content (AvgIpc) is 3.77. The van der Waals surface area contributed by atoms with Crippen LogP contribution < -0.4 is 15.8 Å². The van der Waals surface area contributed by atoms with Crippen LogP contribution in [-0.4, -0.2) is 49.4 Å². The summed E-state index contributed by atoms with van der Waals surface area (Å²) < 4.78 is 8.13. The molecule has 0 spiro atoms. The SMILES string of the molecule is CCC[C@H](O)C[C@@H](O)CC(=O)CCc1ccc(O)c(OCn2cc3[nH]cc([C@]45CCC[C@H]4C[C@H]4CN[C@@H](N)c6cccc5c64)c3c2)c1. The Balaban J connectivity index is 1.06. The quantitative estimate of drug-likeness (QED) is 0.111. The monoisotopic (exact) mass is 640 g/mol. The van der Waals surface area contributed by atoms with Crippen LogP contribution in [-0.2, 0) is 23.4 Å². The summed E-state index contributed by atoms with van der Waals surface area (Å²) in [4.78, 5) is 16.1. The molecule has 6 atom stereocenters. The maximum Gasteiger partial charge on any atom is 0.165 e. The van der Waals surface area contributed by atoms with Gasteiger partial charge in [-0.2, -0.15) is 0 Å². The zero-order valence-corrected chi connectivity index (χ0v) is 27.3. The Labute approximate surface area is 276 Å². The van der Waals surface area contributed by atoms with Crippen molar-refractivity contribution < 1.29 is 24.9 Å².